The number of para-hydroxylation sites is 1. The average Bonchev–Trinajstić information content (AvgIpc) is 3.32. The van der Waals surface area contributed by atoms with Gasteiger partial charge in [-0.15, -0.1) is 12.4 Å². The smallest absolute Gasteiger partial charge is 0.237 e. The lowest BCUT2D eigenvalue weighted by atomic mass is 9.91. The second-order valence-corrected chi connectivity index (χ2v) is 9.45. The number of benzene rings is 2. The Balaban J connectivity index is 0.00000336. The van der Waals surface area contributed by atoms with E-state index in [2.05, 4.69) is 20.6 Å². The monoisotopic (exact) mass is 535 g/mol. The molecule has 0 bridgehead atoms. The number of hydrogen-bond donors (Lipinski definition) is 3. The molecule has 0 aliphatic heterocycles. The fraction of sp³-hybridized carbons (Fsp3) is 0.357. The van der Waals surface area contributed by atoms with E-state index in [1.165, 1.54) is 6.33 Å². The molecule has 2 heterocycles. The van der Waals surface area contributed by atoms with Crippen molar-refractivity contribution in [2.75, 3.05) is 12.8 Å². The maximum Gasteiger partial charge on any atom is 0.237 e. The highest BCUT2D eigenvalue weighted by Gasteiger charge is 2.28. The molecule has 1 aliphatic carbocycles. The highest BCUT2D eigenvalue weighted by atomic mass is 35.5. The SMILES string of the molecule is CCC(NC)C(=O)NC1CCC(n2nc(-c3ccc(Oc4ccccc4)cc3)c3c(N)ncnc32)CC1.Cl. The zero-order chi connectivity index (χ0) is 25.8. The number of fused-ring (bicyclic) bond motifs is 1. The lowest BCUT2D eigenvalue weighted by molar-refractivity contribution is -0.124. The number of hydrogen-bond acceptors (Lipinski definition) is 7. The van der Waals surface area contributed by atoms with Gasteiger partial charge in [0.25, 0.3) is 0 Å². The van der Waals surface area contributed by atoms with Gasteiger partial charge >= 0.3 is 0 Å². The van der Waals surface area contributed by atoms with E-state index in [0.29, 0.717) is 5.82 Å². The molecule has 2 aromatic heterocycles. The number of aromatic nitrogens is 4. The van der Waals surface area contributed by atoms with Crippen molar-refractivity contribution >= 4 is 35.2 Å². The summed E-state index contributed by atoms with van der Waals surface area (Å²) < 4.78 is 7.94. The van der Waals surface area contributed by atoms with Gasteiger partial charge in [0.1, 0.15) is 29.3 Å². The van der Waals surface area contributed by atoms with Crippen LogP contribution in [0.3, 0.4) is 0 Å². The van der Waals surface area contributed by atoms with Crippen molar-refractivity contribution < 1.29 is 9.53 Å². The lowest BCUT2D eigenvalue weighted by Gasteiger charge is -2.30. The first kappa shape index (κ1) is 27.3. The van der Waals surface area contributed by atoms with Crippen LogP contribution in [-0.4, -0.2) is 44.8 Å². The third-order valence-corrected chi connectivity index (χ3v) is 7.09. The Kier molecular flexibility index (Phi) is 8.81. The number of nitrogens with zero attached hydrogens (tertiary/aromatic N) is 4. The van der Waals surface area contributed by atoms with E-state index in [4.69, 9.17) is 15.6 Å². The summed E-state index contributed by atoms with van der Waals surface area (Å²) in [6, 6.07) is 17.7. The molecule has 1 saturated carbocycles. The van der Waals surface area contributed by atoms with Crippen LogP contribution in [0.15, 0.2) is 60.9 Å². The van der Waals surface area contributed by atoms with Crippen LogP contribution in [0, 0.1) is 0 Å². The van der Waals surface area contributed by atoms with Crippen LogP contribution in [0.2, 0.25) is 0 Å². The van der Waals surface area contributed by atoms with Crippen molar-refractivity contribution in [3.8, 4) is 22.8 Å². The van der Waals surface area contributed by atoms with Crippen molar-refractivity contribution in [2.45, 2.75) is 57.2 Å². The molecule has 4 aromatic rings. The molecule has 2 aromatic carbocycles. The number of halogens is 1. The molecular weight excluding hydrogens is 502 g/mol. The molecule has 9 nitrogen and oxygen atoms in total. The molecule has 200 valence electrons. The molecule has 1 atom stereocenters. The van der Waals surface area contributed by atoms with Gasteiger partial charge in [-0.1, -0.05) is 25.1 Å². The summed E-state index contributed by atoms with van der Waals surface area (Å²) in [7, 11) is 1.82. The van der Waals surface area contributed by atoms with Crippen LogP contribution < -0.4 is 21.1 Å². The Morgan fingerprint density at radius 3 is 2.39 bits per heavy atom. The van der Waals surface area contributed by atoms with Crippen molar-refractivity contribution in [3.05, 3.63) is 60.9 Å². The van der Waals surface area contributed by atoms with Gasteiger partial charge in [-0.3, -0.25) is 4.79 Å². The molecule has 1 unspecified atom stereocenters. The number of rotatable bonds is 8. The van der Waals surface area contributed by atoms with E-state index in [1.54, 1.807) is 0 Å². The number of carbonyl (C=O) groups is 1. The van der Waals surface area contributed by atoms with E-state index >= 15 is 0 Å². The lowest BCUT2D eigenvalue weighted by Crippen LogP contribution is -2.47. The van der Waals surface area contributed by atoms with Gasteiger partial charge in [-0.25, -0.2) is 14.6 Å². The van der Waals surface area contributed by atoms with Crippen molar-refractivity contribution in [2.24, 2.45) is 0 Å². The van der Waals surface area contributed by atoms with Gasteiger partial charge in [0.05, 0.1) is 17.5 Å². The molecule has 1 aliphatic rings. The van der Waals surface area contributed by atoms with Gasteiger partial charge in [0.15, 0.2) is 5.65 Å². The quantitative estimate of drug-likeness (QED) is 0.294. The number of nitrogens with two attached hydrogens (primary N) is 1. The first-order chi connectivity index (χ1) is 18.1. The summed E-state index contributed by atoms with van der Waals surface area (Å²) in [4.78, 5) is 21.3. The Labute approximate surface area is 228 Å². The normalized spacial score (nSPS) is 17.9. The third kappa shape index (κ3) is 5.74. The van der Waals surface area contributed by atoms with Crippen molar-refractivity contribution in [1.29, 1.82) is 0 Å². The van der Waals surface area contributed by atoms with Crippen LogP contribution in [0.4, 0.5) is 5.82 Å². The second kappa shape index (κ2) is 12.2. The summed E-state index contributed by atoms with van der Waals surface area (Å²) in [5, 5.41) is 12.0. The van der Waals surface area contributed by atoms with Crippen LogP contribution in [0.25, 0.3) is 22.3 Å². The zero-order valence-electron chi connectivity index (χ0n) is 21.6. The molecule has 0 radical (unpaired) electrons. The number of carbonyl (C=O) groups excluding carboxylic acids is 1. The number of nitrogen functional groups attached to an aromatic ring is 1. The maximum absolute atomic E-state index is 12.5. The predicted octanol–water partition coefficient (Wildman–Crippen LogP) is 4.89. The number of likely N-dealkylation sites (N-methyl/N-ethyl adjacent to an activating group) is 1. The summed E-state index contributed by atoms with van der Waals surface area (Å²) in [5.74, 6) is 2.01. The fourth-order valence-electron chi connectivity index (χ4n) is 5.04. The molecule has 38 heavy (non-hydrogen) atoms. The summed E-state index contributed by atoms with van der Waals surface area (Å²) in [6.07, 6.45) is 5.82. The van der Waals surface area contributed by atoms with Crippen molar-refractivity contribution in [1.82, 2.24) is 30.4 Å². The van der Waals surface area contributed by atoms with E-state index < -0.39 is 0 Å². The molecule has 0 saturated heterocycles. The summed E-state index contributed by atoms with van der Waals surface area (Å²) in [5.41, 5.74) is 8.73. The third-order valence-electron chi connectivity index (χ3n) is 7.09. The molecular formula is C28H34ClN7O2. The topological polar surface area (TPSA) is 120 Å². The molecule has 1 amide bonds. The fourth-order valence-corrected chi connectivity index (χ4v) is 5.04. The summed E-state index contributed by atoms with van der Waals surface area (Å²) in [6.45, 7) is 2.01. The maximum atomic E-state index is 12.5. The predicted molar refractivity (Wildman–Crippen MR) is 152 cm³/mol. The van der Waals surface area contributed by atoms with Crippen LogP contribution in [-0.2, 0) is 4.79 Å². The van der Waals surface area contributed by atoms with Crippen molar-refractivity contribution in [3.63, 3.8) is 0 Å². The standard InChI is InChI=1S/C28H33N7O2.ClH/c1-3-23(30-2)28(36)33-19-11-13-20(14-12-19)35-27-24(26(29)31-17-32-27)25(34-35)18-9-15-22(16-10-18)37-21-7-5-4-6-8-21;/h4-10,15-17,19-20,23,30H,3,11-14H2,1-2H3,(H,33,36)(H2,29,31,32);1H. The minimum atomic E-state index is -0.153. The zero-order valence-corrected chi connectivity index (χ0v) is 22.4. The number of anilines is 1. The van der Waals surface area contributed by atoms with Crippen LogP contribution in [0.1, 0.15) is 45.1 Å². The van der Waals surface area contributed by atoms with Gasteiger partial charge in [-0.05, 0) is 75.5 Å². The molecule has 10 heteroatoms. The number of amides is 1. The minimum absolute atomic E-state index is 0. The second-order valence-electron chi connectivity index (χ2n) is 9.45. The Morgan fingerprint density at radius 2 is 1.74 bits per heavy atom. The average molecular weight is 536 g/mol. The first-order valence-corrected chi connectivity index (χ1v) is 12.9. The van der Waals surface area contributed by atoms with E-state index in [9.17, 15) is 4.79 Å². The Morgan fingerprint density at radius 1 is 1.05 bits per heavy atom. The highest BCUT2D eigenvalue weighted by Crippen LogP contribution is 2.36. The van der Waals surface area contributed by atoms with E-state index in [1.807, 2.05) is 73.3 Å². The number of ether oxygens (including phenoxy) is 1. The minimum Gasteiger partial charge on any atom is -0.457 e. The van der Waals surface area contributed by atoms with Crippen LogP contribution in [0.5, 0.6) is 11.5 Å². The molecule has 0 spiro atoms. The van der Waals surface area contributed by atoms with Gasteiger partial charge in [0.2, 0.25) is 5.91 Å². The highest BCUT2D eigenvalue weighted by molar-refractivity contribution is 5.98. The Bertz CT molecular complexity index is 1350. The largest absolute Gasteiger partial charge is 0.457 e. The van der Waals surface area contributed by atoms with E-state index in [-0.39, 0.29) is 36.4 Å². The molecule has 1 fully saturated rings. The first-order valence-electron chi connectivity index (χ1n) is 12.9. The summed E-state index contributed by atoms with van der Waals surface area (Å²) >= 11 is 0. The molecule has 4 N–H and O–H groups in total. The van der Waals surface area contributed by atoms with Gasteiger partial charge in [-0.2, -0.15) is 5.10 Å². The molecule has 5 rings (SSSR count). The number of nitrogens with one attached hydrogen (secondary N) is 2. The Hall–Kier alpha value is -3.69. The van der Waals surface area contributed by atoms with Crippen LogP contribution >= 0.6 is 12.4 Å². The van der Waals surface area contributed by atoms with E-state index in [0.717, 1.165) is 65.9 Å². The van der Waals surface area contributed by atoms with Gasteiger partial charge in [0, 0.05) is 11.6 Å². The van der Waals surface area contributed by atoms with Gasteiger partial charge < -0.3 is 21.1 Å².